The number of carbonyl (C=O) groups is 1. The van der Waals surface area contributed by atoms with Crippen molar-refractivity contribution in [3.8, 4) is 0 Å². The van der Waals surface area contributed by atoms with Crippen LogP contribution < -0.4 is 11.1 Å². The summed E-state index contributed by atoms with van der Waals surface area (Å²) in [4.78, 5) is 18.7. The van der Waals surface area contributed by atoms with Crippen molar-refractivity contribution in [2.24, 2.45) is 5.92 Å². The molecule has 1 amide bonds. The molecule has 1 aliphatic rings. The van der Waals surface area contributed by atoms with Crippen molar-refractivity contribution in [2.75, 3.05) is 42.2 Å². The quantitative estimate of drug-likeness (QED) is 0.865. The van der Waals surface area contributed by atoms with Crippen LogP contribution in [0.4, 0.5) is 10.9 Å². The highest BCUT2D eigenvalue weighted by molar-refractivity contribution is 7.85. The Hall–Kier alpha value is -1.15. The lowest BCUT2D eigenvalue weighted by Crippen LogP contribution is -2.41. The lowest BCUT2D eigenvalue weighted by atomic mass is 10.2. The van der Waals surface area contributed by atoms with E-state index in [1.54, 1.807) is 4.90 Å². The molecule has 1 saturated heterocycles. The molecule has 1 aromatic rings. The van der Waals surface area contributed by atoms with Crippen LogP contribution in [0.2, 0.25) is 0 Å². The molecule has 0 aromatic carbocycles. The van der Waals surface area contributed by atoms with Gasteiger partial charge in [-0.1, -0.05) is 25.2 Å². The first-order valence-electron chi connectivity index (χ1n) is 6.61. The topological polar surface area (TPSA) is 88.3 Å². The number of thiazole rings is 1. The molecular formula is C12H20N4O2S2. The third kappa shape index (κ3) is 3.69. The number of aromatic nitrogens is 1. The van der Waals surface area contributed by atoms with Gasteiger partial charge in [0, 0.05) is 41.9 Å². The van der Waals surface area contributed by atoms with Gasteiger partial charge in [0.15, 0.2) is 5.13 Å². The third-order valence-electron chi connectivity index (χ3n) is 2.97. The summed E-state index contributed by atoms with van der Waals surface area (Å²) >= 11 is 1.29. The van der Waals surface area contributed by atoms with Gasteiger partial charge in [0.1, 0.15) is 10.7 Å². The van der Waals surface area contributed by atoms with Crippen molar-refractivity contribution in [1.82, 2.24) is 9.88 Å². The Balaban J connectivity index is 2.04. The van der Waals surface area contributed by atoms with Crippen molar-refractivity contribution in [1.29, 1.82) is 0 Å². The van der Waals surface area contributed by atoms with Gasteiger partial charge in [0.05, 0.1) is 0 Å². The van der Waals surface area contributed by atoms with E-state index in [4.69, 9.17) is 5.73 Å². The molecule has 1 fully saturated rings. The molecule has 1 aromatic heterocycles. The molecule has 112 valence electrons. The zero-order chi connectivity index (χ0) is 14.7. The van der Waals surface area contributed by atoms with E-state index in [0.29, 0.717) is 40.5 Å². The smallest absolute Gasteiger partial charge is 0.267 e. The van der Waals surface area contributed by atoms with Crippen LogP contribution in [-0.2, 0) is 10.8 Å². The van der Waals surface area contributed by atoms with Gasteiger partial charge in [0.2, 0.25) is 0 Å². The van der Waals surface area contributed by atoms with Crippen LogP contribution in [0.25, 0.3) is 0 Å². The Morgan fingerprint density at radius 3 is 2.75 bits per heavy atom. The van der Waals surface area contributed by atoms with Crippen LogP contribution in [0.1, 0.15) is 23.5 Å². The molecule has 0 saturated carbocycles. The molecular weight excluding hydrogens is 296 g/mol. The molecule has 0 unspecified atom stereocenters. The molecule has 3 N–H and O–H groups in total. The van der Waals surface area contributed by atoms with E-state index in [2.05, 4.69) is 24.1 Å². The number of hydrogen-bond donors (Lipinski definition) is 2. The largest absolute Gasteiger partial charge is 0.382 e. The van der Waals surface area contributed by atoms with Gasteiger partial charge in [-0.2, -0.15) is 0 Å². The number of amides is 1. The van der Waals surface area contributed by atoms with E-state index in [1.807, 2.05) is 0 Å². The van der Waals surface area contributed by atoms with Crippen LogP contribution in [0.3, 0.4) is 0 Å². The normalized spacial score (nSPS) is 16.6. The average molecular weight is 316 g/mol. The summed E-state index contributed by atoms with van der Waals surface area (Å²) in [6.45, 7) is 6.05. The Labute approximate surface area is 125 Å². The van der Waals surface area contributed by atoms with Gasteiger partial charge in [-0.05, 0) is 5.92 Å². The van der Waals surface area contributed by atoms with E-state index in [9.17, 15) is 9.00 Å². The second kappa shape index (κ2) is 6.53. The number of nitrogens with zero attached hydrogens (tertiary/aromatic N) is 2. The van der Waals surface area contributed by atoms with E-state index in [1.165, 1.54) is 11.3 Å². The maximum absolute atomic E-state index is 12.4. The van der Waals surface area contributed by atoms with Crippen molar-refractivity contribution in [3.63, 3.8) is 0 Å². The Morgan fingerprint density at radius 1 is 1.50 bits per heavy atom. The van der Waals surface area contributed by atoms with Crippen molar-refractivity contribution < 1.29 is 9.00 Å². The number of rotatable bonds is 4. The molecule has 6 nitrogen and oxygen atoms in total. The number of anilines is 2. The predicted octanol–water partition coefficient (Wildman–Crippen LogP) is 0.998. The van der Waals surface area contributed by atoms with Crippen LogP contribution in [0.5, 0.6) is 0 Å². The summed E-state index contributed by atoms with van der Waals surface area (Å²) in [6.07, 6.45) is 0. The van der Waals surface area contributed by atoms with Gasteiger partial charge >= 0.3 is 0 Å². The molecule has 0 atom stereocenters. The minimum atomic E-state index is -0.792. The highest BCUT2D eigenvalue weighted by atomic mass is 32.2. The maximum Gasteiger partial charge on any atom is 0.267 e. The number of nitrogen functional groups attached to an aromatic ring is 1. The van der Waals surface area contributed by atoms with E-state index in [0.717, 1.165) is 6.54 Å². The lowest BCUT2D eigenvalue weighted by Gasteiger charge is -2.25. The molecule has 0 bridgehead atoms. The van der Waals surface area contributed by atoms with Crippen molar-refractivity contribution in [2.45, 2.75) is 13.8 Å². The summed E-state index contributed by atoms with van der Waals surface area (Å²) in [5.41, 5.74) is 5.83. The highest BCUT2D eigenvalue weighted by Gasteiger charge is 2.25. The van der Waals surface area contributed by atoms with E-state index in [-0.39, 0.29) is 11.7 Å². The Bertz CT molecular complexity index is 506. The van der Waals surface area contributed by atoms with Gasteiger partial charge in [-0.3, -0.25) is 9.00 Å². The molecule has 0 aliphatic carbocycles. The minimum absolute atomic E-state index is 0.103. The number of hydrogen-bond acceptors (Lipinski definition) is 6. The van der Waals surface area contributed by atoms with Crippen LogP contribution in [-0.4, -0.2) is 51.1 Å². The molecule has 1 aliphatic heterocycles. The summed E-state index contributed by atoms with van der Waals surface area (Å²) in [6, 6.07) is 0. The van der Waals surface area contributed by atoms with Crippen molar-refractivity contribution in [3.05, 3.63) is 4.88 Å². The first-order chi connectivity index (χ1) is 9.47. The first kappa shape index (κ1) is 15.2. The molecule has 2 rings (SSSR count). The van der Waals surface area contributed by atoms with E-state index < -0.39 is 10.8 Å². The lowest BCUT2D eigenvalue weighted by molar-refractivity contribution is 0.0777. The molecule has 0 spiro atoms. The summed E-state index contributed by atoms with van der Waals surface area (Å²) in [5.74, 6) is 1.76. The maximum atomic E-state index is 12.4. The summed E-state index contributed by atoms with van der Waals surface area (Å²) in [5, 5.41) is 3.86. The molecule has 0 radical (unpaired) electrons. The SMILES string of the molecule is CC(C)CNc1nc(N)c(C(=O)N2CCS(=O)CC2)s1. The zero-order valence-corrected chi connectivity index (χ0v) is 13.4. The monoisotopic (exact) mass is 316 g/mol. The van der Waals surface area contributed by atoms with Crippen LogP contribution in [0.15, 0.2) is 0 Å². The second-order valence-electron chi connectivity index (χ2n) is 5.15. The number of nitrogens with two attached hydrogens (primary N) is 1. The molecule has 2 heterocycles. The summed E-state index contributed by atoms with van der Waals surface area (Å²) < 4.78 is 11.3. The first-order valence-corrected chi connectivity index (χ1v) is 8.92. The number of carbonyl (C=O) groups excluding carboxylic acids is 1. The zero-order valence-electron chi connectivity index (χ0n) is 11.7. The van der Waals surface area contributed by atoms with Gasteiger partial charge in [0.25, 0.3) is 5.91 Å². The van der Waals surface area contributed by atoms with Gasteiger partial charge in [-0.15, -0.1) is 0 Å². The van der Waals surface area contributed by atoms with Gasteiger partial charge in [-0.25, -0.2) is 4.98 Å². The average Bonchev–Trinajstić information content (AvgIpc) is 2.78. The number of nitrogens with one attached hydrogen (secondary N) is 1. The fraction of sp³-hybridized carbons (Fsp3) is 0.667. The Kier molecular flexibility index (Phi) is 4.98. The molecule has 8 heteroatoms. The van der Waals surface area contributed by atoms with Gasteiger partial charge < -0.3 is 16.0 Å². The summed E-state index contributed by atoms with van der Waals surface area (Å²) in [7, 11) is -0.792. The van der Waals surface area contributed by atoms with Crippen LogP contribution >= 0.6 is 11.3 Å². The fourth-order valence-corrected chi connectivity index (χ4v) is 3.75. The fourth-order valence-electron chi connectivity index (χ4n) is 1.84. The standard InChI is InChI=1S/C12H20N4O2S2/c1-8(2)7-14-12-15-10(13)9(19-12)11(17)16-3-5-20(18)6-4-16/h8H,3-7,13H2,1-2H3,(H,14,15). The Morgan fingerprint density at radius 2 is 2.15 bits per heavy atom. The molecule has 20 heavy (non-hydrogen) atoms. The minimum Gasteiger partial charge on any atom is -0.382 e. The van der Waals surface area contributed by atoms with Crippen LogP contribution in [0, 0.1) is 5.92 Å². The predicted molar refractivity (Wildman–Crippen MR) is 83.6 cm³/mol. The van der Waals surface area contributed by atoms with E-state index >= 15 is 0 Å². The van der Waals surface area contributed by atoms with Crippen molar-refractivity contribution >= 4 is 39.0 Å². The second-order valence-corrected chi connectivity index (χ2v) is 7.84. The third-order valence-corrected chi connectivity index (χ3v) is 5.27. The highest BCUT2D eigenvalue weighted by Crippen LogP contribution is 2.26.